The van der Waals surface area contributed by atoms with Crippen LogP contribution in [-0.4, -0.2) is 0 Å². The lowest BCUT2D eigenvalue weighted by atomic mass is 9.95. The first-order valence-electron chi connectivity index (χ1n) is 12.0. The average molecular weight is 399 g/mol. The molecule has 0 saturated heterocycles. The molecule has 0 rings (SSSR count). The first kappa shape index (κ1) is 29.6. The lowest BCUT2D eigenvalue weighted by Gasteiger charge is -2.11. The molecule has 0 unspecified atom stereocenters. The van der Waals surface area contributed by atoms with Crippen LogP contribution in [0.1, 0.15) is 112 Å². The van der Waals surface area contributed by atoms with Crippen LogP contribution in [0.25, 0.3) is 0 Å². The van der Waals surface area contributed by atoms with Gasteiger partial charge in [0, 0.05) is 0 Å². The summed E-state index contributed by atoms with van der Waals surface area (Å²) in [6.07, 6.45) is 26.2. The van der Waals surface area contributed by atoms with E-state index in [4.69, 9.17) is 0 Å². The summed E-state index contributed by atoms with van der Waals surface area (Å²) in [5, 5.41) is 0. The number of hydrogen-bond donors (Lipinski definition) is 0. The van der Waals surface area contributed by atoms with E-state index in [9.17, 15) is 0 Å². The van der Waals surface area contributed by atoms with Crippen LogP contribution in [0.15, 0.2) is 72.4 Å². The molecule has 0 aromatic carbocycles. The van der Waals surface area contributed by atoms with Crippen molar-refractivity contribution in [3.63, 3.8) is 0 Å². The molecule has 0 nitrogen and oxygen atoms in total. The Hall–Kier alpha value is -1.56. The molecule has 29 heavy (non-hydrogen) atoms. The first-order chi connectivity index (χ1) is 14.0. The molecule has 0 radical (unpaired) electrons. The van der Waals surface area contributed by atoms with Crippen molar-refractivity contribution in [3.05, 3.63) is 72.4 Å². The maximum Gasteiger partial charge on any atom is -0.0271 e. The van der Waals surface area contributed by atoms with Crippen LogP contribution in [-0.2, 0) is 0 Å². The van der Waals surface area contributed by atoms with Crippen molar-refractivity contribution in [1.82, 2.24) is 0 Å². The second-order valence-electron chi connectivity index (χ2n) is 7.67. The fourth-order valence-electron chi connectivity index (χ4n) is 3.16. The quantitative estimate of drug-likeness (QED) is 0.130. The van der Waals surface area contributed by atoms with E-state index < -0.39 is 0 Å². The van der Waals surface area contributed by atoms with E-state index in [1.807, 2.05) is 32.1 Å². The second-order valence-corrected chi connectivity index (χ2v) is 7.67. The minimum atomic E-state index is 1.15. The van der Waals surface area contributed by atoms with Crippen LogP contribution >= 0.6 is 0 Å². The highest BCUT2D eigenvalue weighted by atomic mass is 14.1. The number of unbranched alkanes of at least 4 members (excludes halogenated alkanes) is 9. The van der Waals surface area contributed by atoms with Crippen molar-refractivity contribution >= 4 is 0 Å². The Morgan fingerprint density at radius 1 is 0.690 bits per heavy atom. The van der Waals surface area contributed by atoms with Crippen LogP contribution in [0.2, 0.25) is 0 Å². The van der Waals surface area contributed by atoms with E-state index in [1.54, 1.807) is 0 Å². The van der Waals surface area contributed by atoms with Gasteiger partial charge in [-0.05, 0) is 88.9 Å². The Kier molecular flexibility index (Phi) is 23.2. The van der Waals surface area contributed by atoms with Crippen molar-refractivity contribution in [1.29, 1.82) is 0 Å². The predicted molar refractivity (Wildman–Crippen MR) is 138 cm³/mol. The molecule has 0 aliphatic heterocycles. The number of hydrogen-bond acceptors (Lipinski definition) is 0. The summed E-state index contributed by atoms with van der Waals surface area (Å²) in [6.45, 7) is 22.3. The molecule has 166 valence electrons. The summed E-state index contributed by atoms with van der Waals surface area (Å²) in [5.41, 5.74) is 5.18. The summed E-state index contributed by atoms with van der Waals surface area (Å²) in [7, 11) is 0. The summed E-state index contributed by atoms with van der Waals surface area (Å²) >= 11 is 0. The standard InChI is InChI=1S/C27H44.C2H6/c1-7-9-10-11-12-13-14-15-16-17-18-19-20-21-23-25(4)27(6)26(5)24(3)22-8-2;1-2/h7-8,16-17,22H,1-2,5,9-15,18-21,23H2,3-4,6H3;1-2H3/b17-16?,24-22-,27-25+;. The van der Waals surface area contributed by atoms with Crippen LogP contribution in [0.3, 0.4) is 0 Å². The molecule has 0 atom stereocenters. The van der Waals surface area contributed by atoms with Crippen molar-refractivity contribution in [2.75, 3.05) is 0 Å². The van der Waals surface area contributed by atoms with E-state index in [-0.39, 0.29) is 0 Å². The lowest BCUT2D eigenvalue weighted by Crippen LogP contribution is -1.91. The maximum atomic E-state index is 4.23. The Morgan fingerprint density at radius 2 is 1.17 bits per heavy atom. The van der Waals surface area contributed by atoms with Gasteiger partial charge in [-0.1, -0.05) is 88.6 Å². The van der Waals surface area contributed by atoms with E-state index in [2.05, 4.69) is 52.7 Å². The van der Waals surface area contributed by atoms with Gasteiger partial charge in [0.25, 0.3) is 0 Å². The van der Waals surface area contributed by atoms with Crippen molar-refractivity contribution < 1.29 is 0 Å². The Bertz CT molecular complexity index is 510. The maximum absolute atomic E-state index is 4.23. The monoisotopic (exact) mass is 398 g/mol. The summed E-state index contributed by atoms with van der Waals surface area (Å²) in [4.78, 5) is 0. The van der Waals surface area contributed by atoms with Gasteiger partial charge in [-0.15, -0.1) is 6.58 Å². The second kappa shape index (κ2) is 22.7. The smallest absolute Gasteiger partial charge is 0.0271 e. The van der Waals surface area contributed by atoms with Gasteiger partial charge in [-0.25, -0.2) is 0 Å². The highest BCUT2D eigenvalue weighted by molar-refractivity contribution is 5.45. The molecule has 0 aliphatic carbocycles. The third kappa shape index (κ3) is 18.2. The molecular formula is C29H50. The van der Waals surface area contributed by atoms with Gasteiger partial charge < -0.3 is 0 Å². The normalized spacial score (nSPS) is 12.2. The minimum Gasteiger partial charge on any atom is -0.103 e. The number of allylic oxidation sites excluding steroid dienone is 9. The highest BCUT2D eigenvalue weighted by Gasteiger charge is 2.03. The predicted octanol–water partition coefficient (Wildman–Crippen LogP) is 10.5. The molecule has 0 aromatic rings. The molecule has 0 aromatic heterocycles. The summed E-state index contributed by atoms with van der Waals surface area (Å²) in [6, 6.07) is 0. The van der Waals surface area contributed by atoms with Gasteiger partial charge in [0.15, 0.2) is 0 Å². The molecule has 0 fully saturated rings. The van der Waals surface area contributed by atoms with Crippen LogP contribution in [0.4, 0.5) is 0 Å². The Labute approximate surface area is 184 Å². The van der Waals surface area contributed by atoms with Crippen LogP contribution in [0, 0.1) is 0 Å². The van der Waals surface area contributed by atoms with E-state index >= 15 is 0 Å². The van der Waals surface area contributed by atoms with Gasteiger partial charge >= 0.3 is 0 Å². The zero-order chi connectivity index (χ0) is 22.3. The van der Waals surface area contributed by atoms with Crippen molar-refractivity contribution in [2.45, 2.75) is 112 Å². The molecule has 0 heterocycles. The molecule has 0 saturated carbocycles. The topological polar surface area (TPSA) is 0 Å². The fourth-order valence-corrected chi connectivity index (χ4v) is 3.16. The molecule has 0 N–H and O–H groups in total. The molecule has 0 spiro atoms. The minimum absolute atomic E-state index is 1.15. The zero-order valence-electron chi connectivity index (χ0n) is 20.5. The summed E-state index contributed by atoms with van der Waals surface area (Å²) in [5.74, 6) is 0. The van der Waals surface area contributed by atoms with Gasteiger partial charge in [0.1, 0.15) is 0 Å². The van der Waals surface area contributed by atoms with Gasteiger partial charge in [0.2, 0.25) is 0 Å². The summed E-state index contributed by atoms with van der Waals surface area (Å²) < 4.78 is 0. The van der Waals surface area contributed by atoms with Crippen molar-refractivity contribution in [3.8, 4) is 0 Å². The van der Waals surface area contributed by atoms with Crippen LogP contribution < -0.4 is 0 Å². The van der Waals surface area contributed by atoms with Crippen molar-refractivity contribution in [2.24, 2.45) is 0 Å². The Balaban J connectivity index is 0. The zero-order valence-corrected chi connectivity index (χ0v) is 20.5. The van der Waals surface area contributed by atoms with E-state index in [1.165, 1.54) is 93.8 Å². The number of rotatable bonds is 17. The molecular weight excluding hydrogens is 348 g/mol. The molecule has 0 amide bonds. The molecule has 0 heteroatoms. The van der Waals surface area contributed by atoms with E-state index in [0.29, 0.717) is 0 Å². The molecule has 0 aliphatic rings. The lowest BCUT2D eigenvalue weighted by molar-refractivity contribution is 0.621. The third-order valence-electron chi connectivity index (χ3n) is 5.30. The van der Waals surface area contributed by atoms with E-state index in [0.717, 1.165) is 5.57 Å². The fraction of sp³-hybridized carbons (Fsp3) is 0.586. The third-order valence-corrected chi connectivity index (χ3v) is 5.30. The highest BCUT2D eigenvalue weighted by Crippen LogP contribution is 2.23. The molecule has 0 bridgehead atoms. The van der Waals surface area contributed by atoms with Gasteiger partial charge in [-0.2, -0.15) is 0 Å². The Morgan fingerprint density at radius 3 is 1.69 bits per heavy atom. The largest absolute Gasteiger partial charge is 0.103 e. The van der Waals surface area contributed by atoms with Gasteiger partial charge in [0.05, 0.1) is 0 Å². The first-order valence-corrected chi connectivity index (χ1v) is 12.0. The average Bonchev–Trinajstić information content (AvgIpc) is 2.74. The van der Waals surface area contributed by atoms with Gasteiger partial charge in [-0.3, -0.25) is 0 Å². The SMILES string of the molecule is C=C/C=C(/C)C(=C)/C(C)=C(\C)CCCCCC=CCCCCCCCC=C.CC. The van der Waals surface area contributed by atoms with Crippen LogP contribution in [0.5, 0.6) is 0 Å².